The minimum absolute atomic E-state index is 0.222. The van der Waals surface area contributed by atoms with Crippen molar-refractivity contribution in [3.63, 3.8) is 0 Å². The summed E-state index contributed by atoms with van der Waals surface area (Å²) in [6.45, 7) is -1.13. The third kappa shape index (κ3) is 4.75. The summed E-state index contributed by atoms with van der Waals surface area (Å²) in [5.41, 5.74) is 5.13. The molecule has 0 rings (SSSR count). The van der Waals surface area contributed by atoms with E-state index in [1.54, 1.807) is 0 Å². The predicted molar refractivity (Wildman–Crippen MR) is 44.1 cm³/mol. The van der Waals surface area contributed by atoms with E-state index in [0.717, 1.165) is 0 Å². The quantitative estimate of drug-likeness (QED) is 0.322. The summed E-state index contributed by atoms with van der Waals surface area (Å²) in [5.74, 6) is -1.94. The Morgan fingerprint density at radius 2 is 1.43 bits per heavy atom. The highest BCUT2D eigenvalue weighted by molar-refractivity contribution is 5.98. The Morgan fingerprint density at radius 3 is 1.71 bits per heavy atom. The lowest BCUT2D eigenvalue weighted by molar-refractivity contribution is -0.158. The standard InChI is InChI=1S/C7H13NO6/c8-5(6(11)13-3-1-9)7(12)14-4-2-10/h5,9-10H,1-4,8H2. The molecule has 82 valence electrons. The molecule has 0 aliphatic rings. The molecule has 4 N–H and O–H groups in total. The fourth-order valence-corrected chi connectivity index (χ4v) is 0.568. The Balaban J connectivity index is 3.85. The Bertz CT molecular complexity index is 175. The van der Waals surface area contributed by atoms with Crippen LogP contribution in [0.4, 0.5) is 0 Å². The molecule has 0 aliphatic heterocycles. The molecule has 0 saturated heterocycles. The largest absolute Gasteiger partial charge is 0.462 e. The molecule has 0 bridgehead atoms. The van der Waals surface area contributed by atoms with E-state index in [4.69, 9.17) is 15.9 Å². The van der Waals surface area contributed by atoms with E-state index in [1.165, 1.54) is 0 Å². The van der Waals surface area contributed by atoms with Gasteiger partial charge in [-0.05, 0) is 0 Å². The van der Waals surface area contributed by atoms with Crippen molar-refractivity contribution in [1.82, 2.24) is 0 Å². The number of carbonyl (C=O) groups excluding carboxylic acids is 2. The van der Waals surface area contributed by atoms with Crippen molar-refractivity contribution in [1.29, 1.82) is 0 Å². The second-order valence-electron chi connectivity index (χ2n) is 2.26. The highest BCUT2D eigenvalue weighted by atomic mass is 16.6. The van der Waals surface area contributed by atoms with E-state index >= 15 is 0 Å². The Morgan fingerprint density at radius 1 is 1.07 bits per heavy atom. The van der Waals surface area contributed by atoms with Crippen LogP contribution in [0.3, 0.4) is 0 Å². The second-order valence-corrected chi connectivity index (χ2v) is 2.26. The summed E-state index contributed by atoms with van der Waals surface area (Å²) in [6.07, 6.45) is 0. The number of esters is 2. The lowest BCUT2D eigenvalue weighted by Crippen LogP contribution is -2.41. The van der Waals surface area contributed by atoms with Gasteiger partial charge in [-0.3, -0.25) is 0 Å². The van der Waals surface area contributed by atoms with Crippen molar-refractivity contribution in [2.24, 2.45) is 5.73 Å². The highest BCUT2D eigenvalue weighted by Crippen LogP contribution is 1.90. The molecular weight excluding hydrogens is 194 g/mol. The summed E-state index contributed by atoms with van der Waals surface area (Å²) in [5, 5.41) is 16.6. The number of ether oxygens (including phenoxy) is 2. The van der Waals surface area contributed by atoms with Crippen molar-refractivity contribution in [2.45, 2.75) is 6.04 Å². The first-order chi connectivity index (χ1) is 6.63. The lowest BCUT2D eigenvalue weighted by Gasteiger charge is -2.09. The molecule has 0 aromatic heterocycles. The zero-order chi connectivity index (χ0) is 11.0. The topological polar surface area (TPSA) is 119 Å². The van der Waals surface area contributed by atoms with Crippen LogP contribution in [0, 0.1) is 0 Å². The van der Waals surface area contributed by atoms with E-state index < -0.39 is 18.0 Å². The zero-order valence-electron chi connectivity index (χ0n) is 7.51. The van der Waals surface area contributed by atoms with E-state index in [0.29, 0.717) is 0 Å². The smallest absolute Gasteiger partial charge is 0.334 e. The van der Waals surface area contributed by atoms with Gasteiger partial charge in [-0.2, -0.15) is 0 Å². The minimum Gasteiger partial charge on any atom is -0.462 e. The Hall–Kier alpha value is -1.18. The molecule has 0 saturated carbocycles. The van der Waals surface area contributed by atoms with Gasteiger partial charge in [-0.1, -0.05) is 0 Å². The van der Waals surface area contributed by atoms with Gasteiger partial charge in [0.1, 0.15) is 13.2 Å². The van der Waals surface area contributed by atoms with Gasteiger partial charge < -0.3 is 25.4 Å². The van der Waals surface area contributed by atoms with Gasteiger partial charge in [-0.25, -0.2) is 9.59 Å². The second kappa shape index (κ2) is 7.25. The maximum Gasteiger partial charge on any atom is 0.334 e. The van der Waals surface area contributed by atoms with Gasteiger partial charge >= 0.3 is 11.9 Å². The normalized spacial score (nSPS) is 10.0. The first-order valence-electron chi connectivity index (χ1n) is 3.94. The van der Waals surface area contributed by atoms with Crippen LogP contribution in [0.1, 0.15) is 0 Å². The summed E-state index contributed by atoms with van der Waals surface area (Å²) >= 11 is 0. The van der Waals surface area contributed by atoms with Gasteiger partial charge in [0.05, 0.1) is 13.2 Å². The lowest BCUT2D eigenvalue weighted by atomic mass is 10.3. The van der Waals surface area contributed by atoms with Gasteiger partial charge in [0.25, 0.3) is 0 Å². The van der Waals surface area contributed by atoms with Crippen LogP contribution < -0.4 is 5.73 Å². The van der Waals surface area contributed by atoms with E-state index in [9.17, 15) is 9.59 Å². The molecule has 7 nitrogen and oxygen atoms in total. The highest BCUT2D eigenvalue weighted by Gasteiger charge is 2.24. The molecule has 0 spiro atoms. The van der Waals surface area contributed by atoms with Crippen molar-refractivity contribution >= 4 is 11.9 Å². The first kappa shape index (κ1) is 12.8. The molecule has 0 aromatic rings. The maximum absolute atomic E-state index is 10.9. The number of nitrogens with two attached hydrogens (primary N) is 1. The zero-order valence-corrected chi connectivity index (χ0v) is 7.51. The molecule has 0 radical (unpaired) electrons. The van der Waals surface area contributed by atoms with Crippen molar-refractivity contribution in [3.8, 4) is 0 Å². The number of aliphatic hydroxyl groups is 2. The van der Waals surface area contributed by atoms with Crippen LogP contribution in [-0.2, 0) is 19.1 Å². The number of rotatable bonds is 6. The Kier molecular flexibility index (Phi) is 6.63. The van der Waals surface area contributed by atoms with E-state index in [2.05, 4.69) is 9.47 Å². The van der Waals surface area contributed by atoms with Crippen LogP contribution in [0.15, 0.2) is 0 Å². The van der Waals surface area contributed by atoms with Gasteiger partial charge in [0.15, 0.2) is 0 Å². The number of aliphatic hydroxyl groups excluding tert-OH is 2. The average molecular weight is 207 g/mol. The van der Waals surface area contributed by atoms with Crippen LogP contribution in [0.25, 0.3) is 0 Å². The molecular formula is C7H13NO6. The molecule has 0 atom stereocenters. The van der Waals surface area contributed by atoms with Gasteiger partial charge in [-0.15, -0.1) is 0 Å². The van der Waals surface area contributed by atoms with E-state index in [-0.39, 0.29) is 26.4 Å². The molecule has 0 aliphatic carbocycles. The SMILES string of the molecule is NC(C(=O)OCCO)C(=O)OCCO. The monoisotopic (exact) mass is 207 g/mol. The van der Waals surface area contributed by atoms with Crippen molar-refractivity contribution in [3.05, 3.63) is 0 Å². The summed E-state index contributed by atoms with van der Waals surface area (Å²) in [7, 11) is 0. The molecule has 0 unspecified atom stereocenters. The number of carbonyl (C=O) groups is 2. The third-order valence-electron chi connectivity index (χ3n) is 1.18. The number of hydrogen-bond acceptors (Lipinski definition) is 7. The summed E-state index contributed by atoms with van der Waals surface area (Å²) < 4.78 is 8.75. The molecule has 0 amide bonds. The predicted octanol–water partition coefficient (Wildman–Crippen LogP) is -2.62. The van der Waals surface area contributed by atoms with Crippen molar-refractivity contribution in [2.75, 3.05) is 26.4 Å². The molecule has 0 fully saturated rings. The molecule has 0 heterocycles. The third-order valence-corrected chi connectivity index (χ3v) is 1.18. The van der Waals surface area contributed by atoms with Crippen molar-refractivity contribution < 1.29 is 29.3 Å². The van der Waals surface area contributed by atoms with E-state index in [1.807, 2.05) is 0 Å². The summed E-state index contributed by atoms with van der Waals surface area (Å²) in [4.78, 5) is 21.8. The molecule has 7 heteroatoms. The maximum atomic E-state index is 10.9. The summed E-state index contributed by atoms with van der Waals surface area (Å²) in [6, 6.07) is -1.53. The molecule has 0 aromatic carbocycles. The molecule has 14 heavy (non-hydrogen) atoms. The number of hydrogen-bond donors (Lipinski definition) is 3. The minimum atomic E-state index is -1.53. The van der Waals surface area contributed by atoms with Gasteiger partial charge in [0, 0.05) is 0 Å². The fraction of sp³-hybridized carbons (Fsp3) is 0.714. The van der Waals surface area contributed by atoms with Gasteiger partial charge in [0.2, 0.25) is 6.04 Å². The Labute approximate surface area is 80.4 Å². The first-order valence-corrected chi connectivity index (χ1v) is 3.94. The van der Waals surface area contributed by atoms with Crippen LogP contribution >= 0.6 is 0 Å². The fourth-order valence-electron chi connectivity index (χ4n) is 0.568. The van der Waals surface area contributed by atoms with Crippen LogP contribution in [0.2, 0.25) is 0 Å². The average Bonchev–Trinajstić information content (AvgIpc) is 2.21. The van der Waals surface area contributed by atoms with Crippen LogP contribution in [0.5, 0.6) is 0 Å². The van der Waals surface area contributed by atoms with Crippen LogP contribution in [-0.4, -0.2) is 54.6 Å².